The molecule has 0 aliphatic carbocycles. The molecule has 1 unspecified atom stereocenters. The van der Waals surface area contributed by atoms with Crippen LogP contribution in [0, 0.1) is 5.92 Å². The van der Waals surface area contributed by atoms with Crippen LogP contribution in [0.2, 0.25) is 0 Å². The summed E-state index contributed by atoms with van der Waals surface area (Å²) in [6, 6.07) is 4.33. The van der Waals surface area contributed by atoms with E-state index >= 15 is 0 Å². The molecule has 9 nitrogen and oxygen atoms in total. The lowest BCUT2D eigenvalue weighted by atomic mass is 10.1. The third kappa shape index (κ3) is 4.02. The van der Waals surface area contributed by atoms with Crippen molar-refractivity contribution in [2.75, 3.05) is 24.6 Å². The molecule has 2 N–H and O–H groups in total. The monoisotopic (exact) mass is 409 g/mol. The molecule has 2 amide bonds. The number of rotatable bonds is 5. The third-order valence-corrected chi connectivity index (χ3v) is 5.94. The summed E-state index contributed by atoms with van der Waals surface area (Å²) in [5.74, 6) is -1.62. The Morgan fingerprint density at radius 3 is 2.64 bits per heavy atom. The Kier molecular flexibility index (Phi) is 5.44. The van der Waals surface area contributed by atoms with Gasteiger partial charge in [-0.1, -0.05) is 0 Å². The highest BCUT2D eigenvalue weighted by molar-refractivity contribution is 7.89. The molecule has 1 saturated heterocycles. The molecule has 10 heteroatoms. The summed E-state index contributed by atoms with van der Waals surface area (Å²) in [6.45, 7) is 3.99. The minimum atomic E-state index is -3.81. The Hall–Kier alpha value is -2.46. The highest BCUT2D eigenvalue weighted by Gasteiger charge is 2.37. The second-order valence-electron chi connectivity index (χ2n) is 7.28. The number of nitrogens with two attached hydrogens (primary N) is 1. The number of carbonyl (C=O) groups excluding carboxylic acids is 3. The van der Waals surface area contributed by atoms with Crippen molar-refractivity contribution in [2.24, 2.45) is 11.1 Å². The number of ether oxygens (including phenoxy) is 1. The number of benzene rings is 1. The average molecular weight is 409 g/mol. The molecule has 1 atom stereocenters. The summed E-state index contributed by atoms with van der Waals surface area (Å²) >= 11 is 0. The molecule has 0 bridgehead atoms. The van der Waals surface area contributed by atoms with E-state index in [0.717, 1.165) is 0 Å². The van der Waals surface area contributed by atoms with Gasteiger partial charge < -0.3 is 14.5 Å². The minimum absolute atomic E-state index is 0.00687. The summed E-state index contributed by atoms with van der Waals surface area (Å²) in [5, 5.41) is 5.13. The fourth-order valence-electron chi connectivity index (χ4n) is 3.53. The standard InChI is InChI=1S/C18H23N3O6S/c1-11(2)21-9-13(8-16(21)22)18(24)27-10-17(23)20-6-5-12-7-14(28(19,25)26)3-4-15(12)20/h3-4,7,11,13H,5-6,8-10H2,1-2H3,(H2,19,25,26). The molecule has 0 aromatic heterocycles. The molecule has 1 fully saturated rings. The number of primary sulfonamides is 1. The summed E-state index contributed by atoms with van der Waals surface area (Å²) in [4.78, 5) is 39.7. The normalized spacial score (nSPS) is 19.3. The lowest BCUT2D eigenvalue weighted by Gasteiger charge is -2.21. The quantitative estimate of drug-likeness (QED) is 0.683. The van der Waals surface area contributed by atoms with Gasteiger partial charge in [0, 0.05) is 31.2 Å². The van der Waals surface area contributed by atoms with E-state index in [9.17, 15) is 22.8 Å². The van der Waals surface area contributed by atoms with Crippen LogP contribution in [0.1, 0.15) is 25.8 Å². The molecule has 28 heavy (non-hydrogen) atoms. The Balaban J connectivity index is 1.60. The van der Waals surface area contributed by atoms with Crippen LogP contribution in [0.3, 0.4) is 0 Å². The third-order valence-electron chi connectivity index (χ3n) is 5.03. The summed E-state index contributed by atoms with van der Waals surface area (Å²) in [5.41, 5.74) is 1.27. The average Bonchev–Trinajstić information content (AvgIpc) is 3.21. The number of fused-ring (bicyclic) bond motifs is 1. The molecule has 1 aromatic rings. The van der Waals surface area contributed by atoms with Crippen molar-refractivity contribution >= 4 is 33.5 Å². The number of hydrogen-bond acceptors (Lipinski definition) is 6. The zero-order valence-electron chi connectivity index (χ0n) is 15.8. The van der Waals surface area contributed by atoms with Crippen molar-refractivity contribution in [2.45, 2.75) is 37.6 Å². The molecule has 2 heterocycles. The molecule has 2 aliphatic heterocycles. The predicted octanol–water partition coefficient (Wildman–Crippen LogP) is 0.0232. The Bertz CT molecular complexity index is 927. The fourth-order valence-corrected chi connectivity index (χ4v) is 4.10. The van der Waals surface area contributed by atoms with E-state index in [1.807, 2.05) is 13.8 Å². The van der Waals surface area contributed by atoms with Gasteiger partial charge in [-0.3, -0.25) is 14.4 Å². The SMILES string of the molecule is CC(C)N1CC(C(=O)OCC(=O)N2CCc3cc(S(N)(=O)=O)ccc32)CC1=O. The predicted molar refractivity (Wildman–Crippen MR) is 99.8 cm³/mol. The molecular formula is C18H23N3O6S. The van der Waals surface area contributed by atoms with Crippen molar-refractivity contribution in [3.05, 3.63) is 23.8 Å². The van der Waals surface area contributed by atoms with Gasteiger partial charge in [0.25, 0.3) is 5.91 Å². The molecule has 0 spiro atoms. The maximum Gasteiger partial charge on any atom is 0.311 e. The van der Waals surface area contributed by atoms with Gasteiger partial charge in [-0.25, -0.2) is 13.6 Å². The van der Waals surface area contributed by atoms with Gasteiger partial charge in [0.05, 0.1) is 10.8 Å². The van der Waals surface area contributed by atoms with E-state index in [0.29, 0.717) is 30.8 Å². The number of hydrogen-bond donors (Lipinski definition) is 1. The number of esters is 1. The number of nitrogens with zero attached hydrogens (tertiary/aromatic N) is 2. The topological polar surface area (TPSA) is 127 Å². The number of amides is 2. The molecule has 1 aromatic carbocycles. The van der Waals surface area contributed by atoms with Gasteiger partial charge in [0.1, 0.15) is 0 Å². The van der Waals surface area contributed by atoms with Crippen molar-refractivity contribution in [3.8, 4) is 0 Å². The van der Waals surface area contributed by atoms with E-state index in [4.69, 9.17) is 9.88 Å². The van der Waals surface area contributed by atoms with E-state index in [2.05, 4.69) is 0 Å². The van der Waals surface area contributed by atoms with E-state index in [1.165, 1.54) is 23.1 Å². The summed E-state index contributed by atoms with van der Waals surface area (Å²) in [7, 11) is -3.81. The maximum atomic E-state index is 12.5. The molecule has 0 radical (unpaired) electrons. The molecule has 2 aliphatic rings. The first kappa shape index (κ1) is 20.3. The van der Waals surface area contributed by atoms with Gasteiger partial charge in [0.2, 0.25) is 15.9 Å². The van der Waals surface area contributed by atoms with Crippen LogP contribution in [0.5, 0.6) is 0 Å². The maximum absolute atomic E-state index is 12.5. The number of carbonyl (C=O) groups is 3. The molecule has 0 saturated carbocycles. The zero-order chi connectivity index (χ0) is 20.6. The number of anilines is 1. The first-order chi connectivity index (χ1) is 13.1. The van der Waals surface area contributed by atoms with Crippen LogP contribution in [0.4, 0.5) is 5.69 Å². The number of sulfonamides is 1. The van der Waals surface area contributed by atoms with Gasteiger partial charge >= 0.3 is 5.97 Å². The summed E-state index contributed by atoms with van der Waals surface area (Å²) in [6.07, 6.45) is 0.576. The Morgan fingerprint density at radius 2 is 2.04 bits per heavy atom. The first-order valence-corrected chi connectivity index (χ1v) is 10.5. The number of likely N-dealkylation sites (tertiary alicyclic amines) is 1. The van der Waals surface area contributed by atoms with Gasteiger partial charge in [0.15, 0.2) is 6.61 Å². The highest BCUT2D eigenvalue weighted by atomic mass is 32.2. The summed E-state index contributed by atoms with van der Waals surface area (Å²) < 4.78 is 28.0. The fraction of sp³-hybridized carbons (Fsp3) is 0.500. The molecule has 152 valence electrons. The van der Waals surface area contributed by atoms with Gasteiger partial charge in [-0.15, -0.1) is 0 Å². The van der Waals surface area contributed by atoms with Crippen LogP contribution in [0.25, 0.3) is 0 Å². The molecular weight excluding hydrogens is 386 g/mol. The Morgan fingerprint density at radius 1 is 1.32 bits per heavy atom. The smallest absolute Gasteiger partial charge is 0.311 e. The van der Waals surface area contributed by atoms with Crippen molar-refractivity contribution in [1.29, 1.82) is 0 Å². The van der Waals surface area contributed by atoms with Crippen LogP contribution < -0.4 is 10.0 Å². The first-order valence-electron chi connectivity index (χ1n) is 9.00. The van der Waals surface area contributed by atoms with Gasteiger partial charge in [-0.2, -0.15) is 0 Å². The zero-order valence-corrected chi connectivity index (χ0v) is 16.6. The van der Waals surface area contributed by atoms with Crippen LogP contribution in [0.15, 0.2) is 23.1 Å². The molecule has 3 rings (SSSR count). The lowest BCUT2D eigenvalue weighted by Crippen LogP contribution is -2.35. The highest BCUT2D eigenvalue weighted by Crippen LogP contribution is 2.30. The minimum Gasteiger partial charge on any atom is -0.455 e. The lowest BCUT2D eigenvalue weighted by molar-refractivity contribution is -0.151. The van der Waals surface area contributed by atoms with Crippen molar-refractivity contribution in [1.82, 2.24) is 4.90 Å². The van der Waals surface area contributed by atoms with Crippen LogP contribution in [-0.4, -0.2) is 56.8 Å². The van der Waals surface area contributed by atoms with E-state index < -0.39 is 34.4 Å². The van der Waals surface area contributed by atoms with Crippen molar-refractivity contribution < 1.29 is 27.5 Å². The van der Waals surface area contributed by atoms with Gasteiger partial charge in [-0.05, 0) is 44.0 Å². The Labute approximate surface area is 163 Å². The van der Waals surface area contributed by atoms with Crippen LogP contribution >= 0.6 is 0 Å². The van der Waals surface area contributed by atoms with E-state index in [1.54, 1.807) is 4.90 Å². The van der Waals surface area contributed by atoms with Crippen molar-refractivity contribution in [3.63, 3.8) is 0 Å². The second kappa shape index (κ2) is 7.51. The van der Waals surface area contributed by atoms with Crippen LogP contribution in [-0.2, 0) is 35.6 Å². The largest absolute Gasteiger partial charge is 0.455 e. The second-order valence-corrected chi connectivity index (χ2v) is 8.84. The van der Waals surface area contributed by atoms with E-state index in [-0.39, 0.29) is 23.3 Å².